The average molecular weight is 416 g/mol. The number of likely N-dealkylation sites (N-methyl/N-ethyl adjacent to an activating group) is 1. The zero-order valence-corrected chi connectivity index (χ0v) is 18.8. The van der Waals surface area contributed by atoms with Gasteiger partial charge in [0.2, 0.25) is 5.95 Å². The fourth-order valence-corrected chi connectivity index (χ4v) is 3.70. The van der Waals surface area contributed by atoms with Crippen LogP contribution in [0.15, 0.2) is 6.07 Å². The number of likely N-dealkylation sites (tertiary alicyclic amines) is 1. The molecule has 3 rings (SSSR count). The largest absolute Gasteiger partial charge is 0.444 e. The standard InChI is InChI=1S/C21H33N7O2/c1-21(2,3)30-20(29)28-14-16(15-28)13-26(5)18-11-17(12-22)23-19(24-18)27-8-6-7-25(4)9-10-27/h11,16H,6-10,13-15H2,1-5H3. The second-order valence-corrected chi connectivity index (χ2v) is 9.30. The van der Waals surface area contributed by atoms with Crippen molar-refractivity contribution in [1.82, 2.24) is 19.8 Å². The number of amides is 1. The average Bonchev–Trinajstić information content (AvgIpc) is 2.86. The first kappa shape index (κ1) is 22.1. The highest BCUT2D eigenvalue weighted by molar-refractivity contribution is 5.69. The van der Waals surface area contributed by atoms with Gasteiger partial charge in [-0.1, -0.05) is 0 Å². The molecule has 2 aliphatic rings. The van der Waals surface area contributed by atoms with Gasteiger partial charge in [-0.05, 0) is 40.8 Å². The lowest BCUT2D eigenvalue weighted by Crippen LogP contribution is -2.54. The van der Waals surface area contributed by atoms with Crippen LogP contribution in [0.3, 0.4) is 0 Å². The highest BCUT2D eigenvalue weighted by atomic mass is 16.6. The summed E-state index contributed by atoms with van der Waals surface area (Å²) in [5.41, 5.74) is -0.102. The Morgan fingerprint density at radius 2 is 2.00 bits per heavy atom. The molecule has 0 aliphatic carbocycles. The van der Waals surface area contributed by atoms with Crippen molar-refractivity contribution in [2.75, 3.05) is 69.7 Å². The summed E-state index contributed by atoms with van der Waals surface area (Å²) in [5.74, 6) is 1.71. The van der Waals surface area contributed by atoms with Crippen molar-refractivity contribution < 1.29 is 9.53 Å². The van der Waals surface area contributed by atoms with Crippen molar-refractivity contribution in [2.24, 2.45) is 5.92 Å². The van der Waals surface area contributed by atoms with Gasteiger partial charge < -0.3 is 24.3 Å². The Labute approximate surface area is 179 Å². The van der Waals surface area contributed by atoms with Crippen molar-refractivity contribution in [1.29, 1.82) is 5.26 Å². The van der Waals surface area contributed by atoms with E-state index in [9.17, 15) is 10.1 Å². The molecule has 0 aromatic carbocycles. The first-order chi connectivity index (χ1) is 14.1. The smallest absolute Gasteiger partial charge is 0.410 e. The van der Waals surface area contributed by atoms with Gasteiger partial charge in [-0.3, -0.25) is 0 Å². The van der Waals surface area contributed by atoms with Crippen molar-refractivity contribution in [3.8, 4) is 6.07 Å². The molecular formula is C21H33N7O2. The van der Waals surface area contributed by atoms with Gasteiger partial charge in [-0.25, -0.2) is 9.78 Å². The number of ether oxygens (including phenoxy) is 1. The van der Waals surface area contributed by atoms with E-state index in [1.54, 1.807) is 11.0 Å². The minimum Gasteiger partial charge on any atom is -0.444 e. The maximum absolute atomic E-state index is 12.1. The molecule has 2 fully saturated rings. The fourth-order valence-electron chi connectivity index (χ4n) is 3.70. The molecule has 164 valence electrons. The van der Waals surface area contributed by atoms with Gasteiger partial charge in [-0.15, -0.1) is 0 Å². The Morgan fingerprint density at radius 1 is 1.27 bits per heavy atom. The van der Waals surface area contributed by atoms with Crippen LogP contribution in [-0.2, 0) is 4.74 Å². The lowest BCUT2D eigenvalue weighted by molar-refractivity contribution is 0.000177. The van der Waals surface area contributed by atoms with Gasteiger partial charge in [0.25, 0.3) is 0 Å². The second kappa shape index (κ2) is 9.04. The zero-order chi connectivity index (χ0) is 21.9. The van der Waals surface area contributed by atoms with E-state index in [4.69, 9.17) is 9.72 Å². The molecule has 1 aromatic rings. The summed E-state index contributed by atoms with van der Waals surface area (Å²) in [4.78, 5) is 29.6. The summed E-state index contributed by atoms with van der Waals surface area (Å²) in [5, 5.41) is 9.45. The van der Waals surface area contributed by atoms with Gasteiger partial charge in [-0.2, -0.15) is 10.2 Å². The summed E-state index contributed by atoms with van der Waals surface area (Å²) in [6.45, 7) is 11.4. The topological polar surface area (TPSA) is 88.8 Å². The van der Waals surface area contributed by atoms with Gasteiger partial charge in [0.1, 0.15) is 23.2 Å². The quantitative estimate of drug-likeness (QED) is 0.735. The fraction of sp³-hybridized carbons (Fsp3) is 0.714. The summed E-state index contributed by atoms with van der Waals surface area (Å²) in [6.07, 6.45) is 0.785. The molecule has 0 unspecified atom stereocenters. The van der Waals surface area contributed by atoms with Crippen molar-refractivity contribution >= 4 is 17.9 Å². The number of hydrogen-bond donors (Lipinski definition) is 0. The summed E-state index contributed by atoms with van der Waals surface area (Å²) >= 11 is 0. The number of anilines is 2. The maximum Gasteiger partial charge on any atom is 0.410 e. The third kappa shape index (κ3) is 5.72. The normalized spacial score (nSPS) is 18.4. The van der Waals surface area contributed by atoms with Crippen LogP contribution in [0.2, 0.25) is 0 Å². The van der Waals surface area contributed by atoms with E-state index < -0.39 is 5.60 Å². The van der Waals surface area contributed by atoms with Crippen molar-refractivity contribution in [2.45, 2.75) is 32.8 Å². The summed E-state index contributed by atoms with van der Waals surface area (Å²) < 4.78 is 5.42. The number of nitrogens with zero attached hydrogens (tertiary/aromatic N) is 7. The van der Waals surface area contributed by atoms with Crippen LogP contribution < -0.4 is 9.80 Å². The van der Waals surface area contributed by atoms with Crippen LogP contribution in [-0.4, -0.2) is 91.4 Å². The van der Waals surface area contributed by atoms with Crippen LogP contribution in [0.5, 0.6) is 0 Å². The van der Waals surface area contributed by atoms with Crippen LogP contribution in [0.25, 0.3) is 0 Å². The van der Waals surface area contributed by atoms with Crippen molar-refractivity contribution in [3.05, 3.63) is 11.8 Å². The van der Waals surface area contributed by atoms with E-state index in [-0.39, 0.29) is 6.09 Å². The molecule has 9 nitrogen and oxygen atoms in total. The predicted molar refractivity (Wildman–Crippen MR) is 116 cm³/mol. The van der Waals surface area contributed by atoms with E-state index in [2.05, 4.69) is 27.9 Å². The summed E-state index contributed by atoms with van der Waals surface area (Å²) in [6, 6.07) is 3.90. The molecule has 0 spiro atoms. The number of aromatic nitrogens is 2. The Kier molecular flexibility index (Phi) is 6.66. The number of hydrogen-bond acceptors (Lipinski definition) is 8. The molecule has 30 heavy (non-hydrogen) atoms. The molecule has 1 aromatic heterocycles. The van der Waals surface area contributed by atoms with E-state index >= 15 is 0 Å². The lowest BCUT2D eigenvalue weighted by atomic mass is 10.0. The van der Waals surface area contributed by atoms with E-state index in [0.717, 1.165) is 45.0 Å². The molecule has 2 saturated heterocycles. The second-order valence-electron chi connectivity index (χ2n) is 9.30. The van der Waals surface area contributed by atoms with Crippen LogP contribution in [0, 0.1) is 17.2 Å². The first-order valence-electron chi connectivity index (χ1n) is 10.6. The third-order valence-electron chi connectivity index (χ3n) is 5.35. The zero-order valence-electron chi connectivity index (χ0n) is 18.8. The van der Waals surface area contributed by atoms with Gasteiger partial charge in [0.15, 0.2) is 0 Å². The van der Waals surface area contributed by atoms with Gasteiger partial charge >= 0.3 is 6.09 Å². The maximum atomic E-state index is 12.1. The molecular weight excluding hydrogens is 382 g/mol. The summed E-state index contributed by atoms with van der Waals surface area (Å²) in [7, 11) is 4.09. The predicted octanol–water partition coefficient (Wildman–Crippen LogP) is 1.79. The SMILES string of the molecule is CN1CCCN(c2nc(C#N)cc(N(C)CC3CN(C(=O)OC(C)(C)C)C3)n2)CC1. The molecule has 1 amide bonds. The highest BCUT2D eigenvalue weighted by Gasteiger charge is 2.34. The molecule has 2 aliphatic heterocycles. The lowest BCUT2D eigenvalue weighted by Gasteiger charge is -2.41. The van der Waals surface area contributed by atoms with Crippen molar-refractivity contribution in [3.63, 3.8) is 0 Å². The molecule has 0 saturated carbocycles. The van der Waals surface area contributed by atoms with E-state index in [1.165, 1.54) is 0 Å². The molecule has 3 heterocycles. The minimum absolute atomic E-state index is 0.261. The Morgan fingerprint density at radius 3 is 2.67 bits per heavy atom. The molecule has 9 heteroatoms. The Bertz CT molecular complexity index is 796. The minimum atomic E-state index is -0.480. The van der Waals surface area contributed by atoms with Crippen LogP contribution in [0.1, 0.15) is 32.9 Å². The Hall–Kier alpha value is -2.60. The number of nitriles is 1. The Balaban J connectivity index is 1.62. The molecule has 0 bridgehead atoms. The van der Waals surface area contributed by atoms with Crippen LogP contribution >= 0.6 is 0 Å². The van der Waals surface area contributed by atoms with E-state index in [0.29, 0.717) is 30.6 Å². The monoisotopic (exact) mass is 415 g/mol. The molecule has 0 atom stereocenters. The number of carbonyl (C=O) groups is 1. The number of rotatable bonds is 4. The van der Waals surface area contributed by atoms with Gasteiger partial charge in [0, 0.05) is 58.3 Å². The van der Waals surface area contributed by atoms with Crippen LogP contribution in [0.4, 0.5) is 16.6 Å². The highest BCUT2D eigenvalue weighted by Crippen LogP contribution is 2.23. The molecule has 0 radical (unpaired) electrons. The van der Waals surface area contributed by atoms with E-state index in [1.807, 2.05) is 32.7 Å². The molecule has 0 N–H and O–H groups in total. The van der Waals surface area contributed by atoms with Gasteiger partial charge in [0.05, 0.1) is 0 Å². The number of carbonyl (C=O) groups excluding carboxylic acids is 1. The first-order valence-corrected chi connectivity index (χ1v) is 10.6. The third-order valence-corrected chi connectivity index (χ3v) is 5.35.